The number of carbonyl (C=O) groups excluding carboxylic acids is 1. The first-order valence-corrected chi connectivity index (χ1v) is 6.57. The minimum atomic E-state index is -0.00639. The second kappa shape index (κ2) is 5.48. The SMILES string of the molecule is Cc1ccc(NC(=O)C2CCCN2C(C)C)nc1. The Labute approximate surface area is 108 Å². The summed E-state index contributed by atoms with van der Waals surface area (Å²) in [5, 5.41) is 2.90. The number of anilines is 1. The van der Waals surface area contributed by atoms with E-state index in [9.17, 15) is 4.79 Å². The third kappa shape index (κ3) is 2.88. The number of aryl methyl sites for hydroxylation is 1. The van der Waals surface area contributed by atoms with E-state index in [1.807, 2.05) is 19.1 Å². The molecule has 1 atom stereocenters. The molecule has 1 saturated heterocycles. The van der Waals surface area contributed by atoms with Crippen molar-refractivity contribution in [3.8, 4) is 0 Å². The van der Waals surface area contributed by atoms with Gasteiger partial charge in [0.1, 0.15) is 5.82 Å². The standard InChI is InChI=1S/C14H21N3O/c1-10(2)17-8-4-5-12(17)14(18)16-13-7-6-11(3)9-15-13/h6-7,9-10,12H,4-5,8H2,1-3H3,(H,15,16,18). The van der Waals surface area contributed by atoms with E-state index in [0.29, 0.717) is 11.9 Å². The molecule has 1 fully saturated rings. The van der Waals surface area contributed by atoms with Gasteiger partial charge in [-0.3, -0.25) is 9.69 Å². The van der Waals surface area contributed by atoms with Gasteiger partial charge in [-0.25, -0.2) is 4.98 Å². The van der Waals surface area contributed by atoms with Gasteiger partial charge >= 0.3 is 0 Å². The number of likely N-dealkylation sites (tertiary alicyclic amines) is 1. The summed E-state index contributed by atoms with van der Waals surface area (Å²) in [5.41, 5.74) is 1.10. The molecule has 4 heteroatoms. The maximum absolute atomic E-state index is 12.2. The van der Waals surface area contributed by atoms with Gasteiger partial charge in [-0.15, -0.1) is 0 Å². The van der Waals surface area contributed by atoms with E-state index in [2.05, 4.69) is 29.0 Å². The van der Waals surface area contributed by atoms with Crippen molar-refractivity contribution >= 4 is 11.7 Å². The van der Waals surface area contributed by atoms with Crippen LogP contribution < -0.4 is 5.32 Å². The fourth-order valence-electron chi connectivity index (χ4n) is 2.44. The third-order valence-electron chi connectivity index (χ3n) is 3.42. The van der Waals surface area contributed by atoms with Crippen molar-refractivity contribution in [1.29, 1.82) is 0 Å². The van der Waals surface area contributed by atoms with Gasteiger partial charge in [0.05, 0.1) is 6.04 Å². The van der Waals surface area contributed by atoms with Gasteiger partial charge in [0.2, 0.25) is 5.91 Å². The maximum Gasteiger partial charge on any atom is 0.242 e. The predicted octanol–water partition coefficient (Wildman–Crippen LogP) is 2.20. The van der Waals surface area contributed by atoms with Gasteiger partial charge in [0.25, 0.3) is 0 Å². The van der Waals surface area contributed by atoms with E-state index in [0.717, 1.165) is 24.9 Å². The Bertz CT molecular complexity index is 414. The molecule has 1 aliphatic rings. The first kappa shape index (κ1) is 13.0. The Balaban J connectivity index is 2.01. The molecule has 1 amide bonds. The summed E-state index contributed by atoms with van der Waals surface area (Å²) < 4.78 is 0. The molecule has 0 bridgehead atoms. The second-order valence-electron chi connectivity index (χ2n) is 5.20. The van der Waals surface area contributed by atoms with Gasteiger partial charge in [-0.1, -0.05) is 6.07 Å². The first-order chi connectivity index (χ1) is 8.58. The van der Waals surface area contributed by atoms with Crippen LogP contribution in [-0.4, -0.2) is 34.4 Å². The monoisotopic (exact) mass is 247 g/mol. The highest BCUT2D eigenvalue weighted by Gasteiger charge is 2.32. The highest BCUT2D eigenvalue weighted by molar-refractivity contribution is 5.94. The molecule has 98 valence electrons. The number of hydrogen-bond donors (Lipinski definition) is 1. The quantitative estimate of drug-likeness (QED) is 0.890. The van der Waals surface area contributed by atoms with Crippen molar-refractivity contribution < 1.29 is 4.79 Å². The van der Waals surface area contributed by atoms with Crippen LogP contribution in [0.4, 0.5) is 5.82 Å². The van der Waals surface area contributed by atoms with E-state index in [1.165, 1.54) is 0 Å². The maximum atomic E-state index is 12.2. The lowest BCUT2D eigenvalue weighted by atomic mass is 10.2. The van der Waals surface area contributed by atoms with E-state index in [-0.39, 0.29) is 11.9 Å². The Kier molecular flexibility index (Phi) is 3.97. The van der Waals surface area contributed by atoms with Crippen LogP contribution in [0.5, 0.6) is 0 Å². The summed E-state index contributed by atoms with van der Waals surface area (Å²) in [5.74, 6) is 0.707. The second-order valence-corrected chi connectivity index (χ2v) is 5.20. The molecule has 0 radical (unpaired) electrons. The molecule has 1 aliphatic heterocycles. The van der Waals surface area contributed by atoms with Crippen LogP contribution in [0.1, 0.15) is 32.3 Å². The van der Waals surface area contributed by atoms with Crippen LogP contribution in [0.25, 0.3) is 0 Å². The van der Waals surface area contributed by atoms with E-state index < -0.39 is 0 Å². The summed E-state index contributed by atoms with van der Waals surface area (Å²) in [6.07, 6.45) is 3.80. The molecule has 4 nitrogen and oxygen atoms in total. The fraction of sp³-hybridized carbons (Fsp3) is 0.571. The highest BCUT2D eigenvalue weighted by Crippen LogP contribution is 2.21. The van der Waals surface area contributed by atoms with E-state index in [1.54, 1.807) is 6.20 Å². The fourth-order valence-corrected chi connectivity index (χ4v) is 2.44. The number of carbonyl (C=O) groups is 1. The van der Waals surface area contributed by atoms with Crippen molar-refractivity contribution in [2.75, 3.05) is 11.9 Å². The van der Waals surface area contributed by atoms with Crippen LogP contribution in [0.15, 0.2) is 18.3 Å². The van der Waals surface area contributed by atoms with Gasteiger partial charge in [-0.2, -0.15) is 0 Å². The Hall–Kier alpha value is -1.42. The summed E-state index contributed by atoms with van der Waals surface area (Å²) in [7, 11) is 0. The van der Waals surface area contributed by atoms with Crippen LogP contribution >= 0.6 is 0 Å². The third-order valence-corrected chi connectivity index (χ3v) is 3.42. The lowest BCUT2D eigenvalue weighted by Crippen LogP contribution is -2.43. The summed E-state index contributed by atoms with van der Waals surface area (Å²) in [4.78, 5) is 18.7. The molecule has 0 spiro atoms. The number of aromatic nitrogens is 1. The number of amides is 1. The molecule has 0 aromatic carbocycles. The Morgan fingerprint density at radius 1 is 1.50 bits per heavy atom. The number of nitrogens with one attached hydrogen (secondary N) is 1. The molecule has 2 heterocycles. The van der Waals surface area contributed by atoms with Gasteiger partial charge in [-0.05, 0) is 51.8 Å². The van der Waals surface area contributed by atoms with Crippen LogP contribution in [-0.2, 0) is 4.79 Å². The minimum Gasteiger partial charge on any atom is -0.309 e. The largest absolute Gasteiger partial charge is 0.309 e. The molecule has 18 heavy (non-hydrogen) atoms. The van der Waals surface area contributed by atoms with Crippen molar-refractivity contribution in [3.05, 3.63) is 23.9 Å². The normalized spacial score (nSPS) is 20.3. The average molecular weight is 247 g/mol. The van der Waals surface area contributed by atoms with Gasteiger partial charge in [0.15, 0.2) is 0 Å². The minimum absolute atomic E-state index is 0.00639. The summed E-state index contributed by atoms with van der Waals surface area (Å²) >= 11 is 0. The average Bonchev–Trinajstić information content (AvgIpc) is 2.81. The van der Waals surface area contributed by atoms with Crippen molar-refractivity contribution in [1.82, 2.24) is 9.88 Å². The van der Waals surface area contributed by atoms with Crippen LogP contribution in [0, 0.1) is 6.92 Å². The Morgan fingerprint density at radius 2 is 2.28 bits per heavy atom. The molecule has 0 saturated carbocycles. The molecule has 1 aromatic rings. The number of nitrogens with zero attached hydrogens (tertiary/aromatic N) is 2. The smallest absolute Gasteiger partial charge is 0.242 e. The van der Waals surface area contributed by atoms with E-state index in [4.69, 9.17) is 0 Å². The predicted molar refractivity (Wildman–Crippen MR) is 72.5 cm³/mol. The lowest BCUT2D eigenvalue weighted by molar-refractivity contribution is -0.120. The molecule has 0 aliphatic carbocycles. The molecule has 1 N–H and O–H groups in total. The zero-order chi connectivity index (χ0) is 13.1. The summed E-state index contributed by atoms with van der Waals surface area (Å²) in [6.45, 7) is 7.26. The van der Waals surface area contributed by atoms with E-state index >= 15 is 0 Å². The van der Waals surface area contributed by atoms with Crippen molar-refractivity contribution in [2.24, 2.45) is 0 Å². The molecular weight excluding hydrogens is 226 g/mol. The molecule has 2 rings (SSSR count). The van der Waals surface area contributed by atoms with Gasteiger partial charge in [0, 0.05) is 12.2 Å². The van der Waals surface area contributed by atoms with Crippen molar-refractivity contribution in [3.63, 3.8) is 0 Å². The zero-order valence-corrected chi connectivity index (χ0v) is 11.3. The lowest BCUT2D eigenvalue weighted by Gasteiger charge is -2.27. The van der Waals surface area contributed by atoms with Crippen molar-refractivity contribution in [2.45, 2.75) is 45.7 Å². The number of pyridine rings is 1. The van der Waals surface area contributed by atoms with Gasteiger partial charge < -0.3 is 5.32 Å². The summed E-state index contributed by atoms with van der Waals surface area (Å²) in [6, 6.07) is 4.21. The molecular formula is C14H21N3O. The molecule has 1 unspecified atom stereocenters. The Morgan fingerprint density at radius 3 is 2.89 bits per heavy atom. The van der Waals surface area contributed by atoms with Crippen LogP contribution in [0.2, 0.25) is 0 Å². The first-order valence-electron chi connectivity index (χ1n) is 6.57. The number of hydrogen-bond acceptors (Lipinski definition) is 3. The number of rotatable bonds is 3. The zero-order valence-electron chi connectivity index (χ0n) is 11.3. The highest BCUT2D eigenvalue weighted by atomic mass is 16.2. The topological polar surface area (TPSA) is 45.2 Å². The molecule has 1 aromatic heterocycles. The van der Waals surface area contributed by atoms with Crippen LogP contribution in [0.3, 0.4) is 0 Å².